The van der Waals surface area contributed by atoms with Gasteiger partial charge in [-0.05, 0) is 25.7 Å². The molecule has 0 aliphatic carbocycles. The molecule has 0 aromatic heterocycles. The van der Waals surface area contributed by atoms with E-state index in [2.05, 4.69) is 19.6 Å². The molecule has 0 radical (unpaired) electrons. The molecule has 0 aliphatic rings. The minimum Gasteiger partial charge on any atom is -0.198 e. The predicted octanol–water partition coefficient (Wildman–Crippen LogP) is 3.28. The number of rotatable bonds is 6. The molecule has 0 heterocycles. The third kappa shape index (κ3) is 5.66. The summed E-state index contributed by atoms with van der Waals surface area (Å²) in [4.78, 5) is 0. The van der Waals surface area contributed by atoms with Crippen LogP contribution in [0.1, 0.15) is 39.0 Å². The van der Waals surface area contributed by atoms with Gasteiger partial charge in [-0.1, -0.05) is 19.4 Å². The smallest absolute Gasteiger partial charge is 0.0655 e. The molecule has 0 aliphatic heterocycles. The largest absolute Gasteiger partial charge is 0.198 e. The molecule has 0 spiro atoms. The van der Waals surface area contributed by atoms with Gasteiger partial charge in [-0.2, -0.15) is 5.26 Å². The summed E-state index contributed by atoms with van der Waals surface area (Å²) in [6, 6.07) is 2.33. The van der Waals surface area contributed by atoms with Crippen LogP contribution >= 0.6 is 0 Å². The Morgan fingerprint density at radius 3 is 2.73 bits per heavy atom. The van der Waals surface area contributed by atoms with Crippen molar-refractivity contribution in [2.75, 3.05) is 0 Å². The Bertz CT molecular complexity index is 132. The maximum absolute atomic E-state index is 8.68. The van der Waals surface area contributed by atoms with E-state index >= 15 is 0 Å². The Hall–Kier alpha value is -0.770. The van der Waals surface area contributed by atoms with Crippen LogP contribution in [0.25, 0.3) is 0 Å². The van der Waals surface area contributed by atoms with Gasteiger partial charge in [0.05, 0.1) is 6.07 Å². The second-order valence-corrected chi connectivity index (χ2v) is 2.83. The molecule has 0 aromatic carbocycles. The van der Waals surface area contributed by atoms with Crippen LogP contribution < -0.4 is 0 Å². The lowest BCUT2D eigenvalue weighted by molar-refractivity contribution is 0.529. The molecule has 0 rings (SSSR count). The van der Waals surface area contributed by atoms with Gasteiger partial charge in [-0.15, -0.1) is 6.58 Å². The Labute approximate surface area is 69.7 Å². The van der Waals surface area contributed by atoms with E-state index in [0.29, 0.717) is 0 Å². The highest BCUT2D eigenvalue weighted by Crippen LogP contribution is 2.13. The number of hydrogen-bond acceptors (Lipinski definition) is 1. The molecule has 0 aromatic rings. The molecule has 11 heavy (non-hydrogen) atoms. The average molecular weight is 151 g/mol. The van der Waals surface area contributed by atoms with E-state index in [1.807, 2.05) is 6.08 Å². The van der Waals surface area contributed by atoms with Gasteiger partial charge in [-0.3, -0.25) is 0 Å². The van der Waals surface area contributed by atoms with Crippen molar-refractivity contribution in [2.24, 2.45) is 5.92 Å². The zero-order valence-electron chi connectivity index (χ0n) is 7.34. The third-order valence-electron chi connectivity index (χ3n) is 1.78. The summed E-state index contributed by atoms with van der Waals surface area (Å²) in [5.74, 6) is 0.278. The van der Waals surface area contributed by atoms with Crippen molar-refractivity contribution in [1.29, 1.82) is 5.26 Å². The van der Waals surface area contributed by atoms with Crippen LogP contribution in [0.15, 0.2) is 12.7 Å². The maximum Gasteiger partial charge on any atom is 0.0655 e. The molecule has 62 valence electrons. The van der Waals surface area contributed by atoms with E-state index in [-0.39, 0.29) is 5.92 Å². The highest BCUT2D eigenvalue weighted by Gasteiger charge is 2.03. The first-order chi connectivity index (χ1) is 5.35. The van der Waals surface area contributed by atoms with Crippen molar-refractivity contribution in [2.45, 2.75) is 39.0 Å². The van der Waals surface area contributed by atoms with E-state index in [9.17, 15) is 0 Å². The fourth-order valence-corrected chi connectivity index (χ4v) is 1.13. The second-order valence-electron chi connectivity index (χ2n) is 2.83. The van der Waals surface area contributed by atoms with Gasteiger partial charge in [0.1, 0.15) is 0 Å². The Kier molecular flexibility index (Phi) is 6.82. The van der Waals surface area contributed by atoms with E-state index in [1.54, 1.807) is 0 Å². The van der Waals surface area contributed by atoms with Crippen LogP contribution in [-0.4, -0.2) is 0 Å². The summed E-state index contributed by atoms with van der Waals surface area (Å²) >= 11 is 0. The minimum absolute atomic E-state index is 0.278. The van der Waals surface area contributed by atoms with Crippen molar-refractivity contribution >= 4 is 0 Å². The monoisotopic (exact) mass is 151 g/mol. The van der Waals surface area contributed by atoms with Crippen LogP contribution in [0.2, 0.25) is 0 Å². The summed E-state index contributed by atoms with van der Waals surface area (Å²) in [5.41, 5.74) is 0. The topological polar surface area (TPSA) is 23.8 Å². The number of hydrogen-bond donors (Lipinski definition) is 0. The van der Waals surface area contributed by atoms with Crippen molar-refractivity contribution in [3.63, 3.8) is 0 Å². The summed E-state index contributed by atoms with van der Waals surface area (Å²) in [6.07, 6.45) is 7.28. The van der Waals surface area contributed by atoms with Gasteiger partial charge in [0, 0.05) is 5.92 Å². The quantitative estimate of drug-likeness (QED) is 0.422. The van der Waals surface area contributed by atoms with E-state index < -0.39 is 0 Å². The second kappa shape index (κ2) is 7.34. The van der Waals surface area contributed by atoms with E-state index in [0.717, 1.165) is 32.1 Å². The fourth-order valence-electron chi connectivity index (χ4n) is 1.13. The highest BCUT2D eigenvalue weighted by atomic mass is 14.3. The first kappa shape index (κ1) is 10.2. The summed E-state index contributed by atoms with van der Waals surface area (Å²) < 4.78 is 0. The summed E-state index contributed by atoms with van der Waals surface area (Å²) in [7, 11) is 0. The molecule has 0 bridgehead atoms. The molecule has 0 amide bonds. The molecular weight excluding hydrogens is 134 g/mol. The lowest BCUT2D eigenvalue weighted by atomic mass is 9.99. The number of nitrogens with zero attached hydrogens (tertiary/aromatic N) is 1. The molecule has 0 N–H and O–H groups in total. The molecule has 1 atom stereocenters. The maximum atomic E-state index is 8.68. The first-order valence-electron chi connectivity index (χ1n) is 4.35. The number of nitriles is 1. The minimum atomic E-state index is 0.278. The van der Waals surface area contributed by atoms with Crippen LogP contribution in [0.4, 0.5) is 0 Å². The van der Waals surface area contributed by atoms with E-state index in [1.165, 1.54) is 0 Å². The number of unbranched alkanes of at least 4 members (excludes halogenated alkanes) is 1. The van der Waals surface area contributed by atoms with Crippen LogP contribution in [0.5, 0.6) is 0 Å². The average Bonchev–Trinajstić information content (AvgIpc) is 2.03. The molecule has 0 fully saturated rings. The lowest BCUT2D eigenvalue weighted by Gasteiger charge is -2.04. The van der Waals surface area contributed by atoms with Gasteiger partial charge in [0.2, 0.25) is 0 Å². The van der Waals surface area contributed by atoms with Gasteiger partial charge in [-0.25, -0.2) is 0 Å². The SMILES string of the molecule is C=CCCCC(C#N)CCC. The standard InChI is InChI=1S/C10H17N/c1-3-5-6-8-10(9-11)7-4-2/h3,10H,1,4-8H2,2H3. The molecule has 1 nitrogen and oxygen atoms in total. The van der Waals surface area contributed by atoms with Crippen molar-refractivity contribution in [3.8, 4) is 6.07 Å². The van der Waals surface area contributed by atoms with E-state index in [4.69, 9.17) is 5.26 Å². The molecule has 0 saturated carbocycles. The van der Waals surface area contributed by atoms with Gasteiger partial charge < -0.3 is 0 Å². The highest BCUT2D eigenvalue weighted by molar-refractivity contribution is 4.82. The summed E-state index contributed by atoms with van der Waals surface area (Å²) in [5, 5.41) is 8.68. The van der Waals surface area contributed by atoms with Crippen molar-refractivity contribution in [1.82, 2.24) is 0 Å². The van der Waals surface area contributed by atoms with Crippen LogP contribution in [0.3, 0.4) is 0 Å². The van der Waals surface area contributed by atoms with Crippen molar-refractivity contribution < 1.29 is 0 Å². The Morgan fingerprint density at radius 2 is 2.27 bits per heavy atom. The lowest BCUT2D eigenvalue weighted by Crippen LogP contribution is -1.95. The number of allylic oxidation sites excluding steroid dienone is 1. The molecule has 1 unspecified atom stereocenters. The first-order valence-corrected chi connectivity index (χ1v) is 4.35. The normalized spacial score (nSPS) is 12.0. The Balaban J connectivity index is 3.37. The van der Waals surface area contributed by atoms with Gasteiger partial charge >= 0.3 is 0 Å². The zero-order chi connectivity index (χ0) is 8.53. The fraction of sp³-hybridized carbons (Fsp3) is 0.700. The summed E-state index contributed by atoms with van der Waals surface area (Å²) in [6.45, 7) is 5.77. The third-order valence-corrected chi connectivity index (χ3v) is 1.78. The molecule has 0 saturated heterocycles. The predicted molar refractivity (Wildman–Crippen MR) is 48.1 cm³/mol. The van der Waals surface area contributed by atoms with Crippen LogP contribution in [-0.2, 0) is 0 Å². The van der Waals surface area contributed by atoms with Crippen molar-refractivity contribution in [3.05, 3.63) is 12.7 Å². The zero-order valence-corrected chi connectivity index (χ0v) is 7.34. The van der Waals surface area contributed by atoms with Gasteiger partial charge in [0.25, 0.3) is 0 Å². The molecule has 1 heteroatoms. The molecular formula is C10H17N. The van der Waals surface area contributed by atoms with Gasteiger partial charge in [0.15, 0.2) is 0 Å². The van der Waals surface area contributed by atoms with Crippen LogP contribution in [0, 0.1) is 17.2 Å². The Morgan fingerprint density at radius 1 is 1.55 bits per heavy atom.